The molecule has 5 nitrogen and oxygen atoms in total. The highest BCUT2D eigenvalue weighted by Gasteiger charge is 2.39. The number of amides is 1. The third-order valence-corrected chi connectivity index (χ3v) is 7.08. The maximum atomic E-state index is 13.1. The Kier molecular flexibility index (Phi) is 5.51. The van der Waals surface area contributed by atoms with Gasteiger partial charge in [0, 0.05) is 11.4 Å². The summed E-state index contributed by atoms with van der Waals surface area (Å²) >= 11 is 1.26. The van der Waals surface area contributed by atoms with Gasteiger partial charge in [-0.3, -0.25) is 9.69 Å². The van der Waals surface area contributed by atoms with Crippen molar-refractivity contribution in [3.63, 3.8) is 0 Å². The quantitative estimate of drug-likeness (QED) is 0.832. The zero-order chi connectivity index (χ0) is 19.7. The maximum absolute atomic E-state index is 13.1. The second-order valence-electron chi connectivity index (χ2n) is 7.92. The van der Waals surface area contributed by atoms with Crippen molar-refractivity contribution >= 4 is 28.9 Å². The monoisotopic (exact) mass is 398 g/mol. The van der Waals surface area contributed by atoms with Crippen LogP contribution in [0.25, 0.3) is 10.4 Å². The minimum atomic E-state index is -0.962. The molecule has 4 rings (SSSR count). The molecule has 2 aliphatic rings. The number of carbonyl (C=O) groups is 2. The number of thiophene rings is 1. The lowest BCUT2D eigenvalue weighted by molar-refractivity contribution is -0.122. The summed E-state index contributed by atoms with van der Waals surface area (Å²) < 4.78 is 0. The molecular weight excluding hydrogens is 372 g/mol. The first-order valence-corrected chi connectivity index (χ1v) is 10.8. The van der Waals surface area contributed by atoms with Crippen LogP contribution in [0.2, 0.25) is 0 Å². The summed E-state index contributed by atoms with van der Waals surface area (Å²) in [5, 5.41) is 9.85. The van der Waals surface area contributed by atoms with Crippen molar-refractivity contribution in [3.8, 4) is 10.4 Å². The molecule has 1 aliphatic heterocycles. The summed E-state index contributed by atoms with van der Waals surface area (Å²) in [4.78, 5) is 30.1. The molecule has 1 aliphatic carbocycles. The Morgan fingerprint density at radius 1 is 1.14 bits per heavy atom. The normalized spacial score (nSPS) is 21.8. The van der Waals surface area contributed by atoms with Crippen LogP contribution >= 0.6 is 11.3 Å². The van der Waals surface area contributed by atoms with E-state index in [-0.39, 0.29) is 16.8 Å². The smallest absolute Gasteiger partial charge is 0.348 e. The number of likely N-dealkylation sites (N-methyl/N-ethyl adjacent to an activating group) is 1. The predicted octanol–water partition coefficient (Wildman–Crippen LogP) is 4.34. The van der Waals surface area contributed by atoms with E-state index < -0.39 is 5.97 Å². The molecule has 1 saturated carbocycles. The molecular formula is C22H26N2O3S. The van der Waals surface area contributed by atoms with Gasteiger partial charge in [-0.2, -0.15) is 0 Å². The van der Waals surface area contributed by atoms with E-state index in [1.54, 1.807) is 0 Å². The average molecular weight is 399 g/mol. The zero-order valence-corrected chi connectivity index (χ0v) is 17.0. The van der Waals surface area contributed by atoms with E-state index in [4.69, 9.17) is 0 Å². The molecule has 28 heavy (non-hydrogen) atoms. The van der Waals surface area contributed by atoms with Crippen LogP contribution in [0.5, 0.6) is 0 Å². The molecule has 0 bridgehead atoms. The highest BCUT2D eigenvalue weighted by atomic mass is 32.1. The second-order valence-corrected chi connectivity index (χ2v) is 8.97. The molecule has 1 saturated heterocycles. The lowest BCUT2D eigenvalue weighted by Gasteiger charge is -2.44. The Labute approximate surface area is 169 Å². The Bertz CT molecular complexity index is 858. The lowest BCUT2D eigenvalue weighted by atomic mass is 9.82. The van der Waals surface area contributed by atoms with Crippen molar-refractivity contribution in [1.82, 2.24) is 4.90 Å². The van der Waals surface area contributed by atoms with Gasteiger partial charge in [0.25, 0.3) is 0 Å². The third kappa shape index (κ3) is 3.71. The molecule has 1 unspecified atom stereocenters. The van der Waals surface area contributed by atoms with E-state index in [1.807, 2.05) is 48.3 Å². The Balaban J connectivity index is 1.76. The molecule has 0 spiro atoms. The first-order valence-electron chi connectivity index (χ1n) is 9.97. The number of anilines is 1. The van der Waals surface area contributed by atoms with Gasteiger partial charge in [-0.25, -0.2) is 4.79 Å². The van der Waals surface area contributed by atoms with Gasteiger partial charge < -0.3 is 10.0 Å². The van der Waals surface area contributed by atoms with Gasteiger partial charge in [0.1, 0.15) is 4.88 Å². The molecule has 2 fully saturated rings. The van der Waals surface area contributed by atoms with Crippen molar-refractivity contribution in [2.45, 2.75) is 38.1 Å². The Morgan fingerprint density at radius 3 is 2.54 bits per heavy atom. The van der Waals surface area contributed by atoms with Crippen molar-refractivity contribution < 1.29 is 14.7 Å². The van der Waals surface area contributed by atoms with Gasteiger partial charge in [-0.15, -0.1) is 11.3 Å². The van der Waals surface area contributed by atoms with Gasteiger partial charge >= 0.3 is 5.97 Å². The summed E-state index contributed by atoms with van der Waals surface area (Å²) in [6.07, 6.45) is 5.86. The van der Waals surface area contributed by atoms with E-state index in [0.29, 0.717) is 18.2 Å². The Hall–Kier alpha value is -2.18. The number of piperazine rings is 1. The summed E-state index contributed by atoms with van der Waals surface area (Å²) in [5.41, 5.74) is 1.56. The minimum Gasteiger partial charge on any atom is -0.477 e. The van der Waals surface area contributed by atoms with Gasteiger partial charge in [0.2, 0.25) is 5.91 Å². The first kappa shape index (κ1) is 19.2. The number of carboxylic acids is 1. The van der Waals surface area contributed by atoms with Crippen LogP contribution in [-0.2, 0) is 4.79 Å². The van der Waals surface area contributed by atoms with Crippen LogP contribution < -0.4 is 4.90 Å². The summed E-state index contributed by atoms with van der Waals surface area (Å²) in [6.45, 7) is 1.13. The minimum absolute atomic E-state index is 0.00392. The molecule has 1 atom stereocenters. The van der Waals surface area contributed by atoms with Crippen LogP contribution in [0.4, 0.5) is 5.69 Å². The number of carbonyl (C=O) groups excluding carboxylic acids is 1. The summed E-state index contributed by atoms with van der Waals surface area (Å²) in [7, 11) is 1.98. The van der Waals surface area contributed by atoms with Gasteiger partial charge in [-0.1, -0.05) is 49.6 Å². The molecule has 6 heteroatoms. The van der Waals surface area contributed by atoms with Crippen molar-refractivity contribution in [3.05, 3.63) is 41.3 Å². The summed E-state index contributed by atoms with van der Waals surface area (Å²) in [6, 6.07) is 11.7. The van der Waals surface area contributed by atoms with E-state index in [9.17, 15) is 14.7 Å². The molecule has 2 heterocycles. The molecule has 1 aromatic carbocycles. The van der Waals surface area contributed by atoms with E-state index in [2.05, 4.69) is 4.90 Å². The number of nitrogens with zero attached hydrogens (tertiary/aromatic N) is 2. The lowest BCUT2D eigenvalue weighted by Crippen LogP contribution is -2.58. The average Bonchev–Trinajstić information content (AvgIpc) is 3.14. The van der Waals surface area contributed by atoms with E-state index in [0.717, 1.165) is 29.8 Å². The van der Waals surface area contributed by atoms with Crippen LogP contribution in [-0.4, -0.2) is 48.1 Å². The number of aromatic carboxylic acids is 1. The number of hydrogen-bond donors (Lipinski definition) is 1. The third-order valence-electron chi connectivity index (χ3n) is 5.92. The van der Waals surface area contributed by atoms with Crippen LogP contribution in [0.1, 0.15) is 41.8 Å². The molecule has 1 aromatic heterocycles. The SMILES string of the molecule is CN1CC(=O)N(c2cc(-c3ccccc3)sc2C(=O)O)C(C2CCCCC2)C1. The van der Waals surface area contributed by atoms with E-state index in [1.165, 1.54) is 30.6 Å². The fourth-order valence-corrected chi connectivity index (χ4v) is 5.60. The highest BCUT2D eigenvalue weighted by molar-refractivity contribution is 7.18. The van der Waals surface area contributed by atoms with Crippen molar-refractivity contribution in [2.75, 3.05) is 25.0 Å². The fourth-order valence-electron chi connectivity index (χ4n) is 4.61. The largest absolute Gasteiger partial charge is 0.477 e. The zero-order valence-electron chi connectivity index (χ0n) is 16.1. The van der Waals surface area contributed by atoms with Gasteiger partial charge in [0.05, 0.1) is 18.3 Å². The predicted molar refractivity (Wildman–Crippen MR) is 112 cm³/mol. The number of benzene rings is 1. The Morgan fingerprint density at radius 2 is 1.86 bits per heavy atom. The molecule has 0 radical (unpaired) electrons. The fraction of sp³-hybridized carbons (Fsp3) is 0.455. The second kappa shape index (κ2) is 8.05. The topological polar surface area (TPSA) is 60.9 Å². The van der Waals surface area contributed by atoms with Crippen LogP contribution in [0.15, 0.2) is 36.4 Å². The molecule has 1 amide bonds. The van der Waals surface area contributed by atoms with Gasteiger partial charge in [0.15, 0.2) is 0 Å². The van der Waals surface area contributed by atoms with Crippen LogP contribution in [0, 0.1) is 5.92 Å². The molecule has 148 valence electrons. The number of carboxylic acid groups (broad SMARTS) is 1. The van der Waals surface area contributed by atoms with Gasteiger partial charge in [-0.05, 0) is 37.4 Å². The highest BCUT2D eigenvalue weighted by Crippen LogP contribution is 2.41. The molecule has 1 N–H and O–H groups in total. The molecule has 2 aromatic rings. The van der Waals surface area contributed by atoms with Crippen LogP contribution in [0.3, 0.4) is 0 Å². The summed E-state index contributed by atoms with van der Waals surface area (Å²) in [5.74, 6) is -0.525. The van der Waals surface area contributed by atoms with Crippen molar-refractivity contribution in [1.29, 1.82) is 0 Å². The first-order chi connectivity index (χ1) is 13.5. The standard InChI is InChI=1S/C22H26N2O3S/c1-23-13-18(15-8-4-2-5-9-15)24(20(25)14-23)17-12-19(28-21(17)22(26)27)16-10-6-3-7-11-16/h3,6-7,10-12,15,18H,2,4-5,8-9,13-14H2,1H3,(H,26,27). The van der Waals surface area contributed by atoms with E-state index >= 15 is 0 Å². The number of rotatable bonds is 4. The maximum Gasteiger partial charge on any atom is 0.348 e. The number of hydrogen-bond acceptors (Lipinski definition) is 4. The van der Waals surface area contributed by atoms with Crippen molar-refractivity contribution in [2.24, 2.45) is 5.92 Å².